The second-order valence-electron chi connectivity index (χ2n) is 6.03. The fourth-order valence-electron chi connectivity index (χ4n) is 2.95. The molecule has 0 saturated heterocycles. The minimum atomic E-state index is -0.249. The number of ether oxygens (including phenoxy) is 2. The van der Waals surface area contributed by atoms with Gasteiger partial charge in [-0.3, -0.25) is 0 Å². The first-order chi connectivity index (χ1) is 10.8. The average Bonchev–Trinajstić information content (AvgIpc) is 2.85. The number of fused-ring (bicyclic) bond motifs is 1. The summed E-state index contributed by atoms with van der Waals surface area (Å²) in [6.45, 7) is 1.95. The smallest absolute Gasteiger partial charge is 0.220 e. The number of rotatable bonds is 4. The molecule has 1 aromatic carbocycles. The Kier molecular flexibility index (Phi) is 3.58. The molecule has 4 rings (SSSR count). The van der Waals surface area contributed by atoms with Crippen molar-refractivity contribution < 1.29 is 13.9 Å². The summed E-state index contributed by atoms with van der Waals surface area (Å²) in [6.07, 6.45) is 4.61. The lowest BCUT2D eigenvalue weighted by Gasteiger charge is -2.25. The van der Waals surface area contributed by atoms with E-state index in [0.717, 1.165) is 35.9 Å². The van der Waals surface area contributed by atoms with E-state index in [9.17, 15) is 4.39 Å². The third-order valence-corrected chi connectivity index (χ3v) is 4.51. The normalized spacial score (nSPS) is 17.9. The summed E-state index contributed by atoms with van der Waals surface area (Å²) >= 11 is 0. The zero-order chi connectivity index (χ0) is 14.9. The van der Waals surface area contributed by atoms with Gasteiger partial charge in [0.05, 0.1) is 31.2 Å². The van der Waals surface area contributed by atoms with Crippen LogP contribution in [0, 0.1) is 11.7 Å². The monoisotopic (exact) mass is 302 g/mol. The van der Waals surface area contributed by atoms with Crippen LogP contribution in [0.4, 0.5) is 4.39 Å². The molecule has 2 heterocycles. The second-order valence-corrected chi connectivity index (χ2v) is 6.03. The summed E-state index contributed by atoms with van der Waals surface area (Å²) in [4.78, 5) is 0. The van der Waals surface area contributed by atoms with Crippen LogP contribution in [0.2, 0.25) is 0 Å². The molecule has 1 fully saturated rings. The number of nitrogens with zero attached hydrogens (tertiary/aromatic N) is 2. The fraction of sp³-hybridized carbons (Fsp3) is 0.471. The van der Waals surface area contributed by atoms with Gasteiger partial charge in [0.25, 0.3) is 0 Å². The van der Waals surface area contributed by atoms with Crippen molar-refractivity contribution in [2.24, 2.45) is 5.92 Å². The van der Waals surface area contributed by atoms with Crippen molar-refractivity contribution in [2.45, 2.75) is 32.3 Å². The Morgan fingerprint density at radius 1 is 1.27 bits per heavy atom. The third kappa shape index (κ3) is 2.50. The van der Waals surface area contributed by atoms with Gasteiger partial charge in [0.2, 0.25) is 5.88 Å². The molecule has 1 aliphatic carbocycles. The van der Waals surface area contributed by atoms with E-state index < -0.39 is 0 Å². The van der Waals surface area contributed by atoms with Crippen LogP contribution in [0.1, 0.15) is 30.5 Å². The van der Waals surface area contributed by atoms with E-state index in [1.165, 1.54) is 31.4 Å². The fourth-order valence-corrected chi connectivity index (χ4v) is 2.95. The molecule has 2 aliphatic rings. The molecule has 1 saturated carbocycles. The third-order valence-electron chi connectivity index (χ3n) is 4.51. The molecular weight excluding hydrogens is 283 g/mol. The van der Waals surface area contributed by atoms with Crippen molar-refractivity contribution >= 4 is 0 Å². The number of halogens is 1. The Balaban J connectivity index is 1.68. The summed E-state index contributed by atoms with van der Waals surface area (Å²) in [6, 6.07) is 6.35. The average molecular weight is 302 g/mol. The molecule has 5 heteroatoms. The highest BCUT2D eigenvalue weighted by Gasteiger charge is 2.25. The highest BCUT2D eigenvalue weighted by atomic mass is 19.1. The van der Waals surface area contributed by atoms with Crippen LogP contribution >= 0.6 is 0 Å². The number of hydrogen-bond acceptors (Lipinski definition) is 3. The van der Waals surface area contributed by atoms with Gasteiger partial charge in [-0.2, -0.15) is 5.10 Å². The minimum absolute atomic E-state index is 0.249. The molecule has 1 aliphatic heterocycles. The van der Waals surface area contributed by atoms with Crippen molar-refractivity contribution in [3.05, 3.63) is 41.3 Å². The molecular formula is C17H19FN2O2. The van der Waals surface area contributed by atoms with Crippen LogP contribution in [0.15, 0.2) is 24.3 Å². The predicted octanol–water partition coefficient (Wildman–Crippen LogP) is 3.26. The molecule has 0 radical (unpaired) electrons. The van der Waals surface area contributed by atoms with Gasteiger partial charge in [-0.15, -0.1) is 0 Å². The quantitative estimate of drug-likeness (QED) is 0.869. The van der Waals surface area contributed by atoms with E-state index in [4.69, 9.17) is 9.47 Å². The summed E-state index contributed by atoms with van der Waals surface area (Å²) in [7, 11) is 0. The van der Waals surface area contributed by atoms with Gasteiger partial charge in [-0.25, -0.2) is 9.07 Å². The number of hydrogen-bond donors (Lipinski definition) is 0. The lowest BCUT2D eigenvalue weighted by atomic mass is 9.86. The summed E-state index contributed by atoms with van der Waals surface area (Å²) < 4.78 is 26.5. The van der Waals surface area contributed by atoms with Gasteiger partial charge in [0.15, 0.2) is 0 Å². The highest BCUT2D eigenvalue weighted by Crippen LogP contribution is 2.32. The summed E-state index contributed by atoms with van der Waals surface area (Å²) in [5, 5.41) is 4.62. The molecule has 0 bridgehead atoms. The van der Waals surface area contributed by atoms with E-state index in [1.54, 1.807) is 16.8 Å². The minimum Gasteiger partial charge on any atom is -0.477 e. The highest BCUT2D eigenvalue weighted by molar-refractivity contribution is 5.42. The van der Waals surface area contributed by atoms with Gasteiger partial charge >= 0.3 is 0 Å². The molecule has 1 aromatic heterocycles. The van der Waals surface area contributed by atoms with Crippen LogP contribution in [0.5, 0.6) is 5.88 Å². The van der Waals surface area contributed by atoms with E-state index in [-0.39, 0.29) is 5.82 Å². The first-order valence-corrected chi connectivity index (χ1v) is 7.88. The SMILES string of the molecule is Fc1ccc(-n2nc3c(c2OCC2CCC2)CCOC3)cc1. The molecule has 0 unspecified atom stereocenters. The zero-order valence-electron chi connectivity index (χ0n) is 12.4. The molecule has 116 valence electrons. The van der Waals surface area contributed by atoms with Gasteiger partial charge in [0, 0.05) is 12.0 Å². The largest absolute Gasteiger partial charge is 0.477 e. The zero-order valence-corrected chi connectivity index (χ0v) is 12.4. The van der Waals surface area contributed by atoms with Crippen molar-refractivity contribution in [1.29, 1.82) is 0 Å². The maximum atomic E-state index is 13.2. The topological polar surface area (TPSA) is 36.3 Å². The Morgan fingerprint density at radius 2 is 2.09 bits per heavy atom. The molecule has 0 amide bonds. The standard InChI is InChI=1S/C17H19FN2O2/c18-13-4-6-14(7-5-13)20-17(22-10-12-2-1-3-12)15-8-9-21-11-16(15)19-20/h4-7,12H,1-3,8-11H2. The summed E-state index contributed by atoms with van der Waals surface area (Å²) in [5.74, 6) is 1.21. The van der Waals surface area contributed by atoms with Crippen molar-refractivity contribution in [3.8, 4) is 11.6 Å². The van der Waals surface area contributed by atoms with Crippen molar-refractivity contribution in [2.75, 3.05) is 13.2 Å². The predicted molar refractivity (Wildman–Crippen MR) is 79.7 cm³/mol. The van der Waals surface area contributed by atoms with Gasteiger partial charge in [0.1, 0.15) is 5.82 Å². The van der Waals surface area contributed by atoms with Crippen molar-refractivity contribution in [3.63, 3.8) is 0 Å². The molecule has 4 nitrogen and oxygen atoms in total. The van der Waals surface area contributed by atoms with Crippen LogP contribution in [-0.4, -0.2) is 23.0 Å². The van der Waals surface area contributed by atoms with Gasteiger partial charge in [-0.1, -0.05) is 6.42 Å². The van der Waals surface area contributed by atoms with Gasteiger partial charge < -0.3 is 9.47 Å². The first kappa shape index (κ1) is 13.8. The Labute approximate surface area is 128 Å². The van der Waals surface area contributed by atoms with E-state index >= 15 is 0 Å². The summed E-state index contributed by atoms with van der Waals surface area (Å²) in [5.41, 5.74) is 2.88. The Morgan fingerprint density at radius 3 is 2.82 bits per heavy atom. The van der Waals surface area contributed by atoms with E-state index in [0.29, 0.717) is 19.1 Å². The number of aromatic nitrogens is 2. The van der Waals surface area contributed by atoms with Gasteiger partial charge in [-0.05, 0) is 43.0 Å². The maximum absolute atomic E-state index is 13.2. The molecule has 2 aromatic rings. The van der Waals surface area contributed by atoms with Crippen LogP contribution in [0.25, 0.3) is 5.69 Å². The molecule has 0 N–H and O–H groups in total. The lowest BCUT2D eigenvalue weighted by Crippen LogP contribution is -2.21. The molecule has 22 heavy (non-hydrogen) atoms. The first-order valence-electron chi connectivity index (χ1n) is 7.88. The second kappa shape index (κ2) is 5.72. The van der Waals surface area contributed by atoms with Crippen LogP contribution < -0.4 is 4.74 Å². The van der Waals surface area contributed by atoms with Crippen LogP contribution in [0.3, 0.4) is 0 Å². The number of benzene rings is 1. The molecule has 0 spiro atoms. The van der Waals surface area contributed by atoms with E-state index in [2.05, 4.69) is 5.10 Å². The van der Waals surface area contributed by atoms with Crippen molar-refractivity contribution in [1.82, 2.24) is 9.78 Å². The van der Waals surface area contributed by atoms with Crippen LogP contribution in [-0.2, 0) is 17.8 Å². The Bertz CT molecular complexity index is 662. The Hall–Kier alpha value is -1.88. The molecule has 0 atom stereocenters. The lowest BCUT2D eigenvalue weighted by molar-refractivity contribution is 0.106. The van der Waals surface area contributed by atoms with E-state index in [1.807, 2.05) is 0 Å². The maximum Gasteiger partial charge on any atom is 0.220 e.